The van der Waals surface area contributed by atoms with Crippen LogP contribution in [-0.2, 0) is 0 Å². The Morgan fingerprint density at radius 1 is 1.21 bits per heavy atom. The van der Waals surface area contributed by atoms with Gasteiger partial charge in [0.2, 0.25) is 11.9 Å². The quantitative estimate of drug-likeness (QED) is 0.526. The molecule has 0 atom stereocenters. The van der Waals surface area contributed by atoms with Crippen LogP contribution in [0.3, 0.4) is 0 Å². The third-order valence-electron chi connectivity index (χ3n) is 3.03. The minimum Gasteiger partial charge on any atom is -0.494 e. The number of hydrogen-bond acceptors (Lipinski definition) is 8. The van der Waals surface area contributed by atoms with E-state index in [1.54, 1.807) is 0 Å². The number of thioether (sulfide) groups is 1. The predicted octanol–water partition coefficient (Wildman–Crippen LogP) is 4.55. The molecule has 0 unspecified atom stereocenters. The van der Waals surface area contributed by atoms with Gasteiger partial charge in [-0.1, -0.05) is 35.0 Å². The minimum atomic E-state index is -1.16. The molecule has 28 heavy (non-hydrogen) atoms. The fraction of sp³-hybridized carbons (Fsp3) is 0.412. The molecule has 0 aliphatic rings. The average molecular weight is 448 g/mol. The molecule has 2 rings (SSSR count). The molecule has 0 saturated carbocycles. The number of methoxy groups -OCH3 is 1. The number of aromatic nitrogens is 3. The zero-order valence-corrected chi connectivity index (χ0v) is 18.5. The van der Waals surface area contributed by atoms with Gasteiger partial charge in [-0.3, -0.25) is 0 Å². The van der Waals surface area contributed by atoms with E-state index in [2.05, 4.69) is 39.4 Å². The highest BCUT2D eigenvalue weighted by Gasteiger charge is 2.18. The molecule has 0 saturated heterocycles. The van der Waals surface area contributed by atoms with Crippen LogP contribution in [0.25, 0.3) is 0 Å². The van der Waals surface area contributed by atoms with Gasteiger partial charge in [-0.2, -0.15) is 15.0 Å². The maximum Gasteiger partial charge on any atom is 0.341 e. The van der Waals surface area contributed by atoms with Crippen molar-refractivity contribution >= 4 is 52.8 Å². The lowest BCUT2D eigenvalue weighted by molar-refractivity contribution is 0.0693. The molecule has 11 heteroatoms. The number of carboxylic acids is 1. The largest absolute Gasteiger partial charge is 0.494 e. The molecule has 0 bridgehead atoms. The lowest BCUT2D eigenvalue weighted by atomic mass is 10.2. The molecular formula is C17H23Cl2N5O3S. The van der Waals surface area contributed by atoms with E-state index in [4.69, 9.17) is 33.0 Å². The molecule has 154 valence electrons. The fourth-order valence-corrected chi connectivity index (χ4v) is 2.76. The normalized spacial score (nSPS) is 10.1. The van der Waals surface area contributed by atoms with Crippen molar-refractivity contribution in [3.63, 3.8) is 0 Å². The number of anilines is 2. The van der Waals surface area contributed by atoms with Crippen LogP contribution in [0.5, 0.6) is 5.75 Å². The minimum absolute atomic E-state index is 0.0849. The van der Waals surface area contributed by atoms with E-state index >= 15 is 0 Å². The van der Waals surface area contributed by atoms with Crippen molar-refractivity contribution in [1.29, 1.82) is 0 Å². The molecule has 0 fully saturated rings. The Kier molecular flexibility index (Phi) is 10.1. The van der Waals surface area contributed by atoms with Gasteiger partial charge in [0.05, 0.1) is 17.2 Å². The van der Waals surface area contributed by atoms with Gasteiger partial charge in [0, 0.05) is 12.6 Å². The van der Waals surface area contributed by atoms with Crippen LogP contribution in [0.1, 0.15) is 31.1 Å². The van der Waals surface area contributed by atoms with Gasteiger partial charge in [0.25, 0.3) is 0 Å². The summed E-state index contributed by atoms with van der Waals surface area (Å²) in [7, 11) is 1.34. The summed E-state index contributed by atoms with van der Waals surface area (Å²) in [5.74, 6) is 0.173. The van der Waals surface area contributed by atoms with Crippen molar-refractivity contribution in [2.24, 2.45) is 0 Å². The van der Waals surface area contributed by atoms with Crippen molar-refractivity contribution in [3.8, 4) is 5.75 Å². The van der Waals surface area contributed by atoms with E-state index < -0.39 is 5.97 Å². The van der Waals surface area contributed by atoms with Gasteiger partial charge in [-0.05, 0) is 39.2 Å². The number of rotatable bonds is 7. The van der Waals surface area contributed by atoms with Gasteiger partial charge < -0.3 is 20.5 Å². The molecule has 0 spiro atoms. The molecule has 2 aromatic rings. The molecule has 8 nitrogen and oxygen atoms in total. The number of nitrogens with zero attached hydrogens (tertiary/aromatic N) is 3. The number of nitrogens with one attached hydrogen (secondary N) is 2. The van der Waals surface area contributed by atoms with E-state index in [1.807, 2.05) is 13.2 Å². The number of carboxylic acid groups (broad SMARTS) is 1. The van der Waals surface area contributed by atoms with Gasteiger partial charge in [0.1, 0.15) is 5.56 Å². The lowest BCUT2D eigenvalue weighted by Gasteiger charge is -2.10. The van der Waals surface area contributed by atoms with Crippen LogP contribution in [-0.4, -0.2) is 52.0 Å². The number of ether oxygens (including phenoxy) is 1. The first-order valence-corrected chi connectivity index (χ1v) is 10.3. The Labute approximate surface area is 178 Å². The summed E-state index contributed by atoms with van der Waals surface area (Å²) >= 11 is 12.9. The molecule has 0 radical (unpaired) electrons. The third-order valence-corrected chi connectivity index (χ3v) is 4.19. The molecular weight excluding hydrogens is 425 g/mol. The summed E-state index contributed by atoms with van der Waals surface area (Å²) in [6, 6.07) is 3.21. The van der Waals surface area contributed by atoms with Crippen molar-refractivity contribution in [2.45, 2.75) is 32.0 Å². The smallest absolute Gasteiger partial charge is 0.341 e. The first kappa shape index (κ1) is 24.1. The Morgan fingerprint density at radius 3 is 2.29 bits per heavy atom. The van der Waals surface area contributed by atoms with Gasteiger partial charge in [-0.25, -0.2) is 4.79 Å². The van der Waals surface area contributed by atoms with Crippen LogP contribution in [0.15, 0.2) is 17.3 Å². The molecule has 3 N–H and O–H groups in total. The molecule has 1 aromatic heterocycles. The van der Waals surface area contributed by atoms with Crippen LogP contribution in [0, 0.1) is 0 Å². The lowest BCUT2D eigenvalue weighted by Crippen LogP contribution is -2.15. The second-order valence-electron chi connectivity index (χ2n) is 5.54. The number of hydrogen-bond donors (Lipinski definition) is 3. The molecule has 0 aliphatic heterocycles. The summed E-state index contributed by atoms with van der Waals surface area (Å²) in [4.78, 5) is 23.5. The van der Waals surface area contributed by atoms with Crippen LogP contribution >= 0.6 is 35.0 Å². The Balaban J connectivity index is 0.000000283. The Hall–Kier alpha value is -1.97. The monoisotopic (exact) mass is 447 g/mol. The zero-order chi connectivity index (χ0) is 21.3. The van der Waals surface area contributed by atoms with Gasteiger partial charge in [0.15, 0.2) is 10.9 Å². The maximum absolute atomic E-state index is 10.7. The summed E-state index contributed by atoms with van der Waals surface area (Å²) in [6.07, 6.45) is 1.95. The van der Waals surface area contributed by atoms with Crippen molar-refractivity contribution < 1.29 is 14.6 Å². The highest BCUT2D eigenvalue weighted by molar-refractivity contribution is 7.98. The van der Waals surface area contributed by atoms with Crippen LogP contribution < -0.4 is 15.4 Å². The van der Waals surface area contributed by atoms with Gasteiger partial charge >= 0.3 is 5.97 Å². The fourth-order valence-electron chi connectivity index (χ4n) is 1.94. The Bertz CT molecular complexity index is 809. The summed E-state index contributed by atoms with van der Waals surface area (Å²) in [5.41, 5.74) is -0.114. The highest BCUT2D eigenvalue weighted by Crippen LogP contribution is 2.33. The number of halogens is 2. The van der Waals surface area contributed by atoms with E-state index in [0.717, 1.165) is 11.7 Å². The maximum atomic E-state index is 10.7. The molecule has 0 amide bonds. The van der Waals surface area contributed by atoms with Crippen LogP contribution in [0.4, 0.5) is 11.9 Å². The average Bonchev–Trinajstić information content (AvgIpc) is 2.63. The summed E-state index contributed by atoms with van der Waals surface area (Å²) < 4.78 is 4.82. The third kappa shape index (κ3) is 7.21. The second-order valence-corrected chi connectivity index (χ2v) is 7.13. The molecule has 1 heterocycles. The standard InChI is InChI=1S/C9H17N5S.C8H6Cl2O3/c1-5-10-7-12-8(11-6(2)3)14-9(13-7)15-4;1-13-7-5(10)3-2-4(9)6(7)8(11)12/h6H,5H2,1-4H3,(H2,10,11,12,13,14);2-3H,1H3,(H,11,12). The first-order valence-electron chi connectivity index (χ1n) is 8.29. The predicted molar refractivity (Wildman–Crippen MR) is 115 cm³/mol. The SMILES string of the molecule is CCNc1nc(NC(C)C)nc(SC)n1.COc1c(Cl)ccc(Cl)c1C(=O)O. The first-order chi connectivity index (χ1) is 13.2. The Morgan fingerprint density at radius 2 is 1.82 bits per heavy atom. The van der Waals surface area contributed by atoms with Crippen molar-refractivity contribution in [2.75, 3.05) is 30.5 Å². The van der Waals surface area contributed by atoms with Crippen molar-refractivity contribution in [1.82, 2.24) is 15.0 Å². The van der Waals surface area contributed by atoms with Gasteiger partial charge in [-0.15, -0.1) is 0 Å². The number of benzene rings is 1. The van der Waals surface area contributed by atoms with E-state index in [-0.39, 0.29) is 21.4 Å². The zero-order valence-electron chi connectivity index (χ0n) is 16.2. The second kappa shape index (κ2) is 11.8. The summed E-state index contributed by atoms with van der Waals surface area (Å²) in [5, 5.41) is 16.1. The summed E-state index contributed by atoms with van der Waals surface area (Å²) in [6.45, 7) is 6.92. The highest BCUT2D eigenvalue weighted by atomic mass is 35.5. The molecule has 0 aliphatic carbocycles. The van der Waals surface area contributed by atoms with Crippen LogP contribution in [0.2, 0.25) is 10.0 Å². The topological polar surface area (TPSA) is 109 Å². The van der Waals surface area contributed by atoms with E-state index in [0.29, 0.717) is 17.9 Å². The van der Waals surface area contributed by atoms with Crippen molar-refractivity contribution in [3.05, 3.63) is 27.7 Å². The molecule has 1 aromatic carbocycles. The van der Waals surface area contributed by atoms with E-state index in [1.165, 1.54) is 31.0 Å². The number of carbonyl (C=O) groups is 1. The number of aromatic carboxylic acids is 1. The van der Waals surface area contributed by atoms with E-state index in [9.17, 15) is 4.79 Å².